The Kier molecular flexibility index (Phi) is 6.38. The van der Waals surface area contributed by atoms with Crippen LogP contribution in [-0.2, 0) is 6.42 Å². The van der Waals surface area contributed by atoms with Crippen molar-refractivity contribution in [3.8, 4) is 0 Å². The number of alkyl halides is 3. The largest absolute Gasteiger partial charge is 0.456 e. The van der Waals surface area contributed by atoms with Crippen LogP contribution in [0, 0.1) is 0 Å². The molecule has 6 heteroatoms. The van der Waals surface area contributed by atoms with E-state index in [-0.39, 0.29) is 18.1 Å². The van der Waals surface area contributed by atoms with E-state index in [0.717, 1.165) is 5.56 Å². The molecule has 0 aliphatic rings. The molecule has 1 aromatic carbocycles. The Morgan fingerprint density at radius 2 is 1.73 bits per heavy atom. The van der Waals surface area contributed by atoms with Crippen LogP contribution in [0.25, 0.3) is 0 Å². The normalized spacial score (nSPS) is 10.9. The Bertz CT molecular complexity index is 264. The Morgan fingerprint density at radius 1 is 1.13 bits per heavy atom. The molecule has 0 atom stereocenters. The highest BCUT2D eigenvalue weighted by Crippen LogP contribution is 2.26. The van der Waals surface area contributed by atoms with Gasteiger partial charge in [0.2, 0.25) is 0 Å². The number of rotatable bonds is 4. The fraction of sp³-hybridized carbons (Fsp3) is 0.333. The Labute approximate surface area is 91.0 Å². The van der Waals surface area contributed by atoms with Gasteiger partial charge in [0.15, 0.2) is 0 Å². The monoisotopic (exact) mass is 238 g/mol. The zero-order chi connectivity index (χ0) is 10.4. The van der Waals surface area contributed by atoms with Crippen LogP contribution in [-0.4, -0.2) is 12.1 Å². The van der Waals surface area contributed by atoms with E-state index in [1.165, 1.54) is 0 Å². The van der Waals surface area contributed by atoms with Gasteiger partial charge in [-0.15, -0.1) is 0 Å². The smallest absolute Gasteiger partial charge is 0.344 e. The van der Waals surface area contributed by atoms with Gasteiger partial charge in [0, 0.05) is 18.5 Å². The zero-order valence-electron chi connectivity index (χ0n) is 8.05. The highest BCUT2D eigenvalue weighted by atomic mass is 32.2. The van der Waals surface area contributed by atoms with Crippen LogP contribution in [0.4, 0.5) is 13.2 Å². The lowest BCUT2D eigenvalue weighted by atomic mass is 10.2. The third-order valence-corrected chi connectivity index (χ3v) is 2.13. The summed E-state index contributed by atoms with van der Waals surface area (Å²) in [6, 6.07) is 9.39. The summed E-state index contributed by atoms with van der Waals surface area (Å²) in [6.07, 6.45) is 0.601. The molecule has 0 aliphatic heterocycles. The van der Waals surface area contributed by atoms with Crippen LogP contribution >= 0.6 is 11.9 Å². The van der Waals surface area contributed by atoms with Crippen LogP contribution in [0.3, 0.4) is 0 Å². The molecule has 2 nitrogen and oxygen atoms in total. The molecule has 86 valence electrons. The Hall–Kier alpha value is -0.720. The van der Waals surface area contributed by atoms with Crippen molar-refractivity contribution in [1.29, 1.82) is 0 Å². The van der Waals surface area contributed by atoms with E-state index in [1.54, 1.807) is 0 Å². The fourth-order valence-corrected chi connectivity index (χ4v) is 1.34. The molecule has 0 aliphatic carbocycles. The van der Waals surface area contributed by atoms with Gasteiger partial charge in [-0.2, -0.15) is 13.2 Å². The Morgan fingerprint density at radius 3 is 2.27 bits per heavy atom. The highest BCUT2D eigenvalue weighted by Gasteiger charge is 2.27. The first-order valence-electron chi connectivity index (χ1n) is 4.09. The SMILES string of the molecule is FC(F)(F)SNCCc1ccccc1.N. The quantitative estimate of drug-likeness (QED) is 0.625. The van der Waals surface area contributed by atoms with Crippen LogP contribution in [0.1, 0.15) is 5.56 Å². The maximum absolute atomic E-state index is 11.7. The van der Waals surface area contributed by atoms with Crippen molar-refractivity contribution in [2.45, 2.75) is 11.9 Å². The first-order chi connectivity index (χ1) is 6.58. The van der Waals surface area contributed by atoms with Crippen molar-refractivity contribution >= 4 is 11.9 Å². The van der Waals surface area contributed by atoms with Gasteiger partial charge in [-0.1, -0.05) is 30.3 Å². The average Bonchev–Trinajstić information content (AvgIpc) is 2.13. The number of hydrogen-bond donors (Lipinski definition) is 2. The number of nitrogens with one attached hydrogen (secondary N) is 1. The minimum Gasteiger partial charge on any atom is -0.344 e. The minimum absolute atomic E-state index is 0. The molecule has 1 rings (SSSR count). The van der Waals surface area contributed by atoms with E-state index in [9.17, 15) is 13.2 Å². The molecule has 0 amide bonds. The van der Waals surface area contributed by atoms with E-state index in [2.05, 4.69) is 4.72 Å². The fourth-order valence-electron chi connectivity index (χ4n) is 0.973. The molecular weight excluding hydrogens is 225 g/mol. The molecular formula is C9H13F3N2S. The second-order valence-electron chi connectivity index (χ2n) is 2.68. The molecule has 1 aromatic rings. The van der Waals surface area contributed by atoms with Crippen molar-refractivity contribution in [3.05, 3.63) is 35.9 Å². The molecule has 0 radical (unpaired) electrons. The molecule has 0 unspecified atom stereocenters. The minimum atomic E-state index is -4.20. The van der Waals surface area contributed by atoms with E-state index < -0.39 is 5.51 Å². The zero-order valence-corrected chi connectivity index (χ0v) is 8.87. The third-order valence-electron chi connectivity index (χ3n) is 1.55. The van der Waals surface area contributed by atoms with E-state index in [0.29, 0.717) is 13.0 Å². The number of benzene rings is 1. The van der Waals surface area contributed by atoms with E-state index in [1.807, 2.05) is 30.3 Å². The van der Waals surface area contributed by atoms with E-state index >= 15 is 0 Å². The predicted molar refractivity (Wildman–Crippen MR) is 56.8 cm³/mol. The lowest BCUT2D eigenvalue weighted by molar-refractivity contribution is -0.0335. The molecule has 15 heavy (non-hydrogen) atoms. The predicted octanol–water partition coefficient (Wildman–Crippen LogP) is 3.15. The highest BCUT2D eigenvalue weighted by molar-refractivity contribution is 7.98. The third kappa shape index (κ3) is 7.24. The van der Waals surface area contributed by atoms with Crippen LogP contribution < -0.4 is 10.9 Å². The molecule has 0 spiro atoms. The topological polar surface area (TPSA) is 47.0 Å². The van der Waals surface area contributed by atoms with Crippen molar-refractivity contribution in [3.63, 3.8) is 0 Å². The summed E-state index contributed by atoms with van der Waals surface area (Å²) < 4.78 is 37.3. The first-order valence-corrected chi connectivity index (χ1v) is 4.91. The lowest BCUT2D eigenvalue weighted by Gasteiger charge is -2.06. The molecule has 0 saturated heterocycles. The molecule has 0 fully saturated rings. The second-order valence-corrected chi connectivity index (χ2v) is 3.63. The lowest BCUT2D eigenvalue weighted by Crippen LogP contribution is -2.15. The van der Waals surface area contributed by atoms with Gasteiger partial charge in [-0.3, -0.25) is 4.72 Å². The molecule has 0 saturated carbocycles. The van der Waals surface area contributed by atoms with Crippen LogP contribution in [0.5, 0.6) is 0 Å². The second kappa shape index (κ2) is 6.71. The van der Waals surface area contributed by atoms with Gasteiger partial charge in [0.05, 0.1) is 0 Å². The maximum Gasteiger partial charge on any atom is 0.456 e. The first kappa shape index (κ1) is 14.3. The molecule has 0 heterocycles. The van der Waals surface area contributed by atoms with Crippen molar-refractivity contribution in [2.24, 2.45) is 0 Å². The summed E-state index contributed by atoms with van der Waals surface area (Å²) >= 11 is -0.197. The average molecular weight is 238 g/mol. The van der Waals surface area contributed by atoms with Gasteiger partial charge in [0.25, 0.3) is 0 Å². The summed E-state index contributed by atoms with van der Waals surface area (Å²) in [7, 11) is 0. The van der Waals surface area contributed by atoms with Crippen molar-refractivity contribution < 1.29 is 13.2 Å². The van der Waals surface area contributed by atoms with Crippen LogP contribution in [0.15, 0.2) is 30.3 Å². The van der Waals surface area contributed by atoms with Crippen molar-refractivity contribution in [1.82, 2.24) is 10.9 Å². The van der Waals surface area contributed by atoms with E-state index in [4.69, 9.17) is 0 Å². The number of hydrogen-bond acceptors (Lipinski definition) is 3. The maximum atomic E-state index is 11.7. The van der Waals surface area contributed by atoms with Gasteiger partial charge in [-0.25, -0.2) is 0 Å². The van der Waals surface area contributed by atoms with Gasteiger partial charge in [0.1, 0.15) is 0 Å². The van der Waals surface area contributed by atoms with Gasteiger partial charge in [-0.05, 0) is 12.0 Å². The summed E-state index contributed by atoms with van der Waals surface area (Å²) in [5.74, 6) is 0. The summed E-state index contributed by atoms with van der Waals surface area (Å²) in [6.45, 7) is 0.314. The van der Waals surface area contributed by atoms with Crippen molar-refractivity contribution in [2.75, 3.05) is 6.54 Å². The Balaban J connectivity index is 0.00000196. The molecule has 4 N–H and O–H groups in total. The summed E-state index contributed by atoms with van der Waals surface area (Å²) in [5.41, 5.74) is -3.17. The van der Waals surface area contributed by atoms with Gasteiger partial charge < -0.3 is 6.15 Å². The van der Waals surface area contributed by atoms with Gasteiger partial charge >= 0.3 is 5.51 Å². The molecule has 0 bridgehead atoms. The summed E-state index contributed by atoms with van der Waals surface area (Å²) in [5, 5.41) is 0. The molecule has 0 aromatic heterocycles. The standard InChI is InChI=1S/C9H10F3NS.H3N/c10-9(11,12)14-13-7-6-8-4-2-1-3-5-8;/h1-5,13H,6-7H2;1H3. The number of halogens is 3. The summed E-state index contributed by atoms with van der Waals surface area (Å²) in [4.78, 5) is 0. The van der Waals surface area contributed by atoms with Crippen LogP contribution in [0.2, 0.25) is 0 Å².